The first-order valence-electron chi connectivity index (χ1n) is 6.56. The summed E-state index contributed by atoms with van der Waals surface area (Å²) in [5, 5.41) is 7.07. The van der Waals surface area contributed by atoms with Crippen molar-refractivity contribution in [3.8, 4) is 0 Å². The Bertz CT molecular complexity index is 417. The minimum atomic E-state index is -0.389. The van der Waals surface area contributed by atoms with E-state index in [-0.39, 0.29) is 12.1 Å². The van der Waals surface area contributed by atoms with Crippen molar-refractivity contribution in [3.63, 3.8) is 0 Å². The molecule has 6 nitrogen and oxygen atoms in total. The van der Waals surface area contributed by atoms with E-state index in [2.05, 4.69) is 40.0 Å². The summed E-state index contributed by atoms with van der Waals surface area (Å²) in [7, 11) is 3.33. The second-order valence-electron chi connectivity index (χ2n) is 4.56. The van der Waals surface area contributed by atoms with E-state index in [4.69, 9.17) is 0 Å². The van der Waals surface area contributed by atoms with Crippen molar-refractivity contribution >= 4 is 6.09 Å². The SMILES string of the molecule is CCN(CCNC(=O)OC)C(C)c1cc(C)nn1C. The number of aryl methyl sites for hydroxylation is 2. The molecule has 0 aliphatic carbocycles. The molecule has 0 spiro atoms. The maximum atomic E-state index is 11.0. The quantitative estimate of drug-likeness (QED) is 0.848. The van der Waals surface area contributed by atoms with Crippen molar-refractivity contribution < 1.29 is 9.53 Å². The van der Waals surface area contributed by atoms with Gasteiger partial charge in [-0.2, -0.15) is 5.10 Å². The van der Waals surface area contributed by atoms with Crippen molar-refractivity contribution in [1.29, 1.82) is 0 Å². The molecule has 0 aliphatic heterocycles. The lowest BCUT2D eigenvalue weighted by Crippen LogP contribution is -2.36. The highest BCUT2D eigenvalue weighted by molar-refractivity contribution is 5.66. The van der Waals surface area contributed by atoms with Crippen molar-refractivity contribution in [3.05, 3.63) is 17.5 Å². The van der Waals surface area contributed by atoms with Crippen LogP contribution in [0.3, 0.4) is 0 Å². The number of likely N-dealkylation sites (N-methyl/N-ethyl adjacent to an activating group) is 1. The first-order valence-corrected chi connectivity index (χ1v) is 6.56. The summed E-state index contributed by atoms with van der Waals surface area (Å²) in [6, 6.07) is 2.36. The molecular weight excluding hydrogens is 244 g/mol. The molecule has 0 aliphatic rings. The van der Waals surface area contributed by atoms with Crippen LogP contribution in [0.4, 0.5) is 4.79 Å². The third-order valence-electron chi connectivity index (χ3n) is 3.27. The van der Waals surface area contributed by atoms with E-state index >= 15 is 0 Å². The molecule has 0 aromatic carbocycles. The first-order chi connectivity index (χ1) is 8.99. The lowest BCUT2D eigenvalue weighted by Gasteiger charge is -2.27. The number of nitrogens with one attached hydrogen (secondary N) is 1. The highest BCUT2D eigenvalue weighted by atomic mass is 16.5. The fraction of sp³-hybridized carbons (Fsp3) is 0.692. The van der Waals surface area contributed by atoms with E-state index in [0.717, 1.165) is 18.8 Å². The molecular formula is C13H24N4O2. The molecule has 0 saturated heterocycles. The monoisotopic (exact) mass is 268 g/mol. The Morgan fingerprint density at radius 2 is 2.32 bits per heavy atom. The predicted octanol–water partition coefficient (Wildman–Crippen LogP) is 1.47. The van der Waals surface area contributed by atoms with Gasteiger partial charge in [0.25, 0.3) is 0 Å². The van der Waals surface area contributed by atoms with E-state index in [1.165, 1.54) is 12.8 Å². The zero-order valence-corrected chi connectivity index (χ0v) is 12.4. The van der Waals surface area contributed by atoms with Crippen LogP contribution in [-0.4, -0.2) is 47.5 Å². The molecule has 0 bridgehead atoms. The molecule has 0 fully saturated rings. The first kappa shape index (κ1) is 15.5. The summed E-state index contributed by atoms with van der Waals surface area (Å²) in [6.07, 6.45) is -0.389. The molecule has 6 heteroatoms. The Morgan fingerprint density at radius 3 is 2.79 bits per heavy atom. The summed E-state index contributed by atoms with van der Waals surface area (Å²) in [5.41, 5.74) is 2.20. The standard InChI is InChI=1S/C13H24N4O2/c1-6-17(8-7-14-13(18)19-5)11(3)12-9-10(2)15-16(12)4/h9,11H,6-8H2,1-5H3,(H,14,18). The van der Waals surface area contributed by atoms with E-state index < -0.39 is 0 Å². The molecule has 1 atom stereocenters. The Morgan fingerprint density at radius 1 is 1.63 bits per heavy atom. The molecule has 19 heavy (non-hydrogen) atoms. The van der Waals surface area contributed by atoms with Crippen molar-refractivity contribution in [2.75, 3.05) is 26.7 Å². The number of rotatable bonds is 6. The van der Waals surface area contributed by atoms with Gasteiger partial charge in [0.2, 0.25) is 0 Å². The van der Waals surface area contributed by atoms with Gasteiger partial charge >= 0.3 is 6.09 Å². The molecule has 1 aromatic heterocycles. The summed E-state index contributed by atoms with van der Waals surface area (Å²) in [5.74, 6) is 0. The molecule has 1 amide bonds. The van der Waals surface area contributed by atoms with Gasteiger partial charge in [-0.1, -0.05) is 6.92 Å². The van der Waals surface area contributed by atoms with Gasteiger partial charge < -0.3 is 10.1 Å². The van der Waals surface area contributed by atoms with E-state index in [0.29, 0.717) is 6.54 Å². The number of methoxy groups -OCH3 is 1. The van der Waals surface area contributed by atoms with Crippen LogP contribution in [0.5, 0.6) is 0 Å². The van der Waals surface area contributed by atoms with Crippen LogP contribution in [0.1, 0.15) is 31.3 Å². The summed E-state index contributed by atoms with van der Waals surface area (Å²) in [6.45, 7) is 8.51. The Hall–Kier alpha value is -1.56. The number of carbonyl (C=O) groups excluding carboxylic acids is 1. The Kier molecular flexibility index (Phi) is 5.82. The number of alkyl carbamates (subject to hydrolysis) is 1. The van der Waals surface area contributed by atoms with Gasteiger partial charge in [-0.3, -0.25) is 9.58 Å². The van der Waals surface area contributed by atoms with Gasteiger partial charge in [0, 0.05) is 26.2 Å². The summed E-state index contributed by atoms with van der Waals surface area (Å²) in [4.78, 5) is 13.3. The van der Waals surface area contributed by atoms with Gasteiger partial charge in [0.1, 0.15) is 0 Å². The fourth-order valence-electron chi connectivity index (χ4n) is 2.21. The molecule has 1 N–H and O–H groups in total. The lowest BCUT2D eigenvalue weighted by atomic mass is 10.2. The molecule has 1 rings (SSSR count). The number of hydrogen-bond donors (Lipinski definition) is 1. The zero-order valence-electron chi connectivity index (χ0n) is 12.4. The predicted molar refractivity (Wildman–Crippen MR) is 74.0 cm³/mol. The molecule has 1 unspecified atom stereocenters. The average molecular weight is 268 g/mol. The molecule has 1 heterocycles. The number of amides is 1. The smallest absolute Gasteiger partial charge is 0.406 e. The van der Waals surface area contributed by atoms with E-state index in [1.807, 2.05) is 18.7 Å². The third kappa shape index (κ3) is 4.24. The number of nitrogens with zero attached hydrogens (tertiary/aromatic N) is 3. The van der Waals surface area contributed by atoms with Crippen LogP contribution in [0.15, 0.2) is 6.07 Å². The summed E-state index contributed by atoms with van der Waals surface area (Å²) >= 11 is 0. The van der Waals surface area contributed by atoms with Crippen LogP contribution in [0.25, 0.3) is 0 Å². The number of hydrogen-bond acceptors (Lipinski definition) is 4. The third-order valence-corrected chi connectivity index (χ3v) is 3.27. The maximum Gasteiger partial charge on any atom is 0.406 e. The minimum Gasteiger partial charge on any atom is -0.453 e. The highest BCUT2D eigenvalue weighted by Gasteiger charge is 2.17. The van der Waals surface area contributed by atoms with Crippen molar-refractivity contribution in [2.45, 2.75) is 26.8 Å². The second kappa shape index (κ2) is 7.13. The number of aromatic nitrogens is 2. The van der Waals surface area contributed by atoms with Crippen LogP contribution in [-0.2, 0) is 11.8 Å². The zero-order chi connectivity index (χ0) is 14.4. The van der Waals surface area contributed by atoms with Crippen LogP contribution in [0.2, 0.25) is 0 Å². The number of carbonyl (C=O) groups is 1. The largest absolute Gasteiger partial charge is 0.453 e. The van der Waals surface area contributed by atoms with Gasteiger partial charge in [-0.05, 0) is 26.5 Å². The molecule has 0 radical (unpaired) electrons. The molecule has 0 saturated carbocycles. The lowest BCUT2D eigenvalue weighted by molar-refractivity contribution is 0.165. The van der Waals surface area contributed by atoms with Crippen LogP contribution >= 0.6 is 0 Å². The van der Waals surface area contributed by atoms with Crippen LogP contribution in [0, 0.1) is 6.92 Å². The van der Waals surface area contributed by atoms with Gasteiger partial charge in [0.15, 0.2) is 0 Å². The Labute approximate surface area is 114 Å². The molecule has 108 valence electrons. The average Bonchev–Trinajstić information content (AvgIpc) is 2.72. The number of ether oxygens (including phenoxy) is 1. The fourth-order valence-corrected chi connectivity index (χ4v) is 2.21. The highest BCUT2D eigenvalue weighted by Crippen LogP contribution is 2.19. The van der Waals surface area contributed by atoms with E-state index in [1.54, 1.807) is 0 Å². The van der Waals surface area contributed by atoms with Gasteiger partial charge in [-0.25, -0.2) is 4.79 Å². The maximum absolute atomic E-state index is 11.0. The second-order valence-corrected chi connectivity index (χ2v) is 4.56. The minimum absolute atomic E-state index is 0.260. The van der Waals surface area contributed by atoms with Crippen molar-refractivity contribution in [1.82, 2.24) is 20.0 Å². The molecule has 1 aromatic rings. The van der Waals surface area contributed by atoms with Crippen LogP contribution < -0.4 is 5.32 Å². The normalized spacial score (nSPS) is 12.5. The van der Waals surface area contributed by atoms with Gasteiger partial charge in [-0.15, -0.1) is 0 Å². The van der Waals surface area contributed by atoms with Crippen molar-refractivity contribution in [2.24, 2.45) is 7.05 Å². The topological polar surface area (TPSA) is 59.4 Å². The van der Waals surface area contributed by atoms with Gasteiger partial charge in [0.05, 0.1) is 18.5 Å². The Balaban J connectivity index is 2.59. The summed E-state index contributed by atoms with van der Waals surface area (Å²) < 4.78 is 6.46. The van der Waals surface area contributed by atoms with E-state index in [9.17, 15) is 4.79 Å².